The Morgan fingerprint density at radius 2 is 2.09 bits per heavy atom. The SMILES string of the molecule is COCCCNc1ccc(NS(=O)(=O)c2ccc(C)s2)nc1. The quantitative estimate of drug-likeness (QED) is 0.722. The highest BCUT2D eigenvalue weighted by Crippen LogP contribution is 2.23. The Bertz CT molecular complexity index is 696. The molecule has 2 aromatic rings. The second kappa shape index (κ2) is 7.57. The first-order valence-electron chi connectivity index (χ1n) is 6.79. The number of thiophene rings is 1. The lowest BCUT2D eigenvalue weighted by Crippen LogP contribution is -2.12. The summed E-state index contributed by atoms with van der Waals surface area (Å²) >= 11 is 1.23. The number of aromatic nitrogens is 1. The maximum atomic E-state index is 12.2. The minimum atomic E-state index is -3.56. The van der Waals surface area contributed by atoms with Gasteiger partial charge in [-0.3, -0.25) is 4.72 Å². The molecule has 0 spiro atoms. The van der Waals surface area contributed by atoms with Crippen LogP contribution in [0, 0.1) is 6.92 Å². The van der Waals surface area contributed by atoms with Crippen molar-refractivity contribution in [1.82, 2.24) is 4.98 Å². The first kappa shape index (κ1) is 16.7. The van der Waals surface area contributed by atoms with E-state index < -0.39 is 10.0 Å². The molecule has 0 aliphatic carbocycles. The number of aryl methyl sites for hydroxylation is 1. The molecule has 0 amide bonds. The molecule has 22 heavy (non-hydrogen) atoms. The number of nitrogens with zero attached hydrogens (tertiary/aromatic N) is 1. The summed E-state index contributed by atoms with van der Waals surface area (Å²) in [6.45, 7) is 3.33. The molecule has 0 saturated heterocycles. The Kier molecular flexibility index (Phi) is 5.76. The van der Waals surface area contributed by atoms with E-state index in [4.69, 9.17) is 4.74 Å². The van der Waals surface area contributed by atoms with Crippen molar-refractivity contribution in [2.45, 2.75) is 17.6 Å². The Labute approximate surface area is 134 Å². The molecule has 2 aromatic heterocycles. The Hall–Kier alpha value is -1.64. The van der Waals surface area contributed by atoms with Crippen molar-refractivity contribution in [3.05, 3.63) is 35.3 Å². The fourth-order valence-electron chi connectivity index (χ4n) is 1.75. The van der Waals surface area contributed by atoms with E-state index in [0.717, 1.165) is 23.5 Å². The predicted octanol–water partition coefficient (Wildman–Crippen LogP) is 2.70. The van der Waals surface area contributed by atoms with Crippen molar-refractivity contribution in [3.8, 4) is 0 Å². The molecule has 0 fully saturated rings. The van der Waals surface area contributed by atoms with E-state index in [9.17, 15) is 8.42 Å². The molecule has 0 saturated carbocycles. The topological polar surface area (TPSA) is 80.3 Å². The van der Waals surface area contributed by atoms with Crippen molar-refractivity contribution < 1.29 is 13.2 Å². The molecule has 0 atom stereocenters. The number of rotatable bonds is 8. The number of ether oxygens (including phenoxy) is 1. The van der Waals surface area contributed by atoms with Crippen molar-refractivity contribution in [3.63, 3.8) is 0 Å². The number of hydrogen-bond acceptors (Lipinski definition) is 6. The molecule has 0 unspecified atom stereocenters. The smallest absolute Gasteiger partial charge is 0.272 e. The lowest BCUT2D eigenvalue weighted by Gasteiger charge is -2.08. The fourth-order valence-corrected chi connectivity index (χ4v) is 4.04. The zero-order valence-corrected chi connectivity index (χ0v) is 14.1. The summed E-state index contributed by atoms with van der Waals surface area (Å²) in [5.41, 5.74) is 0.839. The average Bonchev–Trinajstić information content (AvgIpc) is 2.93. The van der Waals surface area contributed by atoms with Gasteiger partial charge in [0.25, 0.3) is 10.0 Å². The summed E-state index contributed by atoms with van der Waals surface area (Å²) < 4.78 is 32.1. The largest absolute Gasteiger partial charge is 0.385 e. The molecular formula is C14H19N3O3S2. The minimum Gasteiger partial charge on any atom is -0.385 e. The molecule has 2 N–H and O–H groups in total. The number of pyridine rings is 1. The number of anilines is 2. The summed E-state index contributed by atoms with van der Waals surface area (Å²) in [5, 5.41) is 3.19. The van der Waals surface area contributed by atoms with Crippen LogP contribution in [-0.2, 0) is 14.8 Å². The van der Waals surface area contributed by atoms with Gasteiger partial charge in [0.15, 0.2) is 0 Å². The van der Waals surface area contributed by atoms with Gasteiger partial charge in [-0.25, -0.2) is 13.4 Å². The highest BCUT2D eigenvalue weighted by Gasteiger charge is 2.16. The molecule has 2 rings (SSSR count). The van der Waals surface area contributed by atoms with E-state index in [1.807, 2.05) is 6.92 Å². The predicted molar refractivity (Wildman–Crippen MR) is 89.1 cm³/mol. The molecule has 0 aromatic carbocycles. The Morgan fingerprint density at radius 1 is 1.27 bits per heavy atom. The lowest BCUT2D eigenvalue weighted by molar-refractivity contribution is 0.198. The van der Waals surface area contributed by atoms with E-state index in [2.05, 4.69) is 15.0 Å². The van der Waals surface area contributed by atoms with E-state index in [-0.39, 0.29) is 4.21 Å². The molecule has 8 heteroatoms. The van der Waals surface area contributed by atoms with Crippen LogP contribution in [-0.4, -0.2) is 33.7 Å². The van der Waals surface area contributed by atoms with E-state index >= 15 is 0 Å². The third-order valence-electron chi connectivity index (χ3n) is 2.84. The molecule has 0 bridgehead atoms. The van der Waals surface area contributed by atoms with Gasteiger partial charge < -0.3 is 10.1 Å². The average molecular weight is 341 g/mol. The monoisotopic (exact) mass is 341 g/mol. The summed E-state index contributed by atoms with van der Waals surface area (Å²) in [6.07, 6.45) is 2.49. The van der Waals surface area contributed by atoms with Crippen LogP contribution in [0.2, 0.25) is 0 Å². The van der Waals surface area contributed by atoms with E-state index in [1.165, 1.54) is 11.3 Å². The number of hydrogen-bond donors (Lipinski definition) is 2. The lowest BCUT2D eigenvalue weighted by atomic mass is 10.4. The van der Waals surface area contributed by atoms with Gasteiger partial charge >= 0.3 is 0 Å². The second-order valence-corrected chi connectivity index (χ2v) is 7.87. The first-order valence-corrected chi connectivity index (χ1v) is 9.09. The summed E-state index contributed by atoms with van der Waals surface area (Å²) in [6, 6.07) is 6.79. The molecule has 120 valence electrons. The Balaban J connectivity index is 1.96. The zero-order chi connectivity index (χ0) is 16.0. The summed E-state index contributed by atoms with van der Waals surface area (Å²) in [5.74, 6) is 0.300. The van der Waals surface area contributed by atoms with Gasteiger partial charge in [-0.15, -0.1) is 11.3 Å². The molecule has 6 nitrogen and oxygen atoms in total. The summed E-state index contributed by atoms with van der Waals surface area (Å²) in [4.78, 5) is 5.06. The maximum Gasteiger partial charge on any atom is 0.272 e. The van der Waals surface area contributed by atoms with Gasteiger partial charge in [0.2, 0.25) is 0 Å². The van der Waals surface area contributed by atoms with Gasteiger partial charge in [-0.2, -0.15) is 0 Å². The van der Waals surface area contributed by atoms with E-state index in [0.29, 0.717) is 12.4 Å². The number of nitrogens with one attached hydrogen (secondary N) is 2. The van der Waals surface area contributed by atoms with E-state index in [1.54, 1.807) is 37.6 Å². The van der Waals surface area contributed by atoms with Crippen molar-refractivity contribution in [1.29, 1.82) is 0 Å². The van der Waals surface area contributed by atoms with Gasteiger partial charge in [0, 0.05) is 25.1 Å². The first-order chi connectivity index (χ1) is 10.5. The fraction of sp³-hybridized carbons (Fsp3) is 0.357. The normalized spacial score (nSPS) is 11.4. The van der Waals surface area contributed by atoms with Gasteiger partial charge in [0.1, 0.15) is 10.0 Å². The van der Waals surface area contributed by atoms with Crippen LogP contribution < -0.4 is 10.0 Å². The standard InChI is InChI=1S/C14H19N3O3S2/c1-11-4-7-14(21-11)22(18,19)17-13-6-5-12(10-16-13)15-8-3-9-20-2/h4-7,10,15H,3,8-9H2,1-2H3,(H,16,17). The molecule has 2 heterocycles. The van der Waals surface area contributed by atoms with Crippen LogP contribution in [0.3, 0.4) is 0 Å². The van der Waals surface area contributed by atoms with Crippen LogP contribution in [0.15, 0.2) is 34.7 Å². The van der Waals surface area contributed by atoms with Crippen LogP contribution in [0.25, 0.3) is 0 Å². The van der Waals surface area contributed by atoms with Gasteiger partial charge in [-0.05, 0) is 37.6 Å². The van der Waals surface area contributed by atoms with Gasteiger partial charge in [-0.1, -0.05) is 0 Å². The van der Waals surface area contributed by atoms with Crippen LogP contribution in [0.4, 0.5) is 11.5 Å². The van der Waals surface area contributed by atoms with Crippen LogP contribution in [0.1, 0.15) is 11.3 Å². The minimum absolute atomic E-state index is 0.286. The maximum absolute atomic E-state index is 12.2. The van der Waals surface area contributed by atoms with Crippen molar-refractivity contribution >= 4 is 32.9 Å². The van der Waals surface area contributed by atoms with Crippen molar-refractivity contribution in [2.75, 3.05) is 30.3 Å². The zero-order valence-electron chi connectivity index (χ0n) is 12.5. The molecule has 0 aliphatic heterocycles. The number of methoxy groups -OCH3 is 1. The summed E-state index contributed by atoms with van der Waals surface area (Å²) in [7, 11) is -1.90. The van der Waals surface area contributed by atoms with Crippen LogP contribution >= 0.6 is 11.3 Å². The molecular weight excluding hydrogens is 322 g/mol. The van der Waals surface area contributed by atoms with Gasteiger partial charge in [0.05, 0.1) is 11.9 Å². The third-order valence-corrected chi connectivity index (χ3v) is 5.68. The molecule has 0 radical (unpaired) electrons. The van der Waals surface area contributed by atoms with Crippen LogP contribution in [0.5, 0.6) is 0 Å². The highest BCUT2D eigenvalue weighted by molar-refractivity contribution is 7.94. The molecule has 0 aliphatic rings. The highest BCUT2D eigenvalue weighted by atomic mass is 32.2. The number of sulfonamides is 1. The van der Waals surface area contributed by atoms with Crippen molar-refractivity contribution in [2.24, 2.45) is 0 Å². The second-order valence-electron chi connectivity index (χ2n) is 4.68. The Morgan fingerprint density at radius 3 is 2.68 bits per heavy atom. The third kappa shape index (κ3) is 4.69.